The van der Waals surface area contributed by atoms with Gasteiger partial charge in [0.15, 0.2) is 0 Å². The van der Waals surface area contributed by atoms with Crippen LogP contribution < -0.4 is 0 Å². The lowest BCUT2D eigenvalue weighted by Gasteiger charge is -2.13. The molecule has 1 saturated carbocycles. The highest BCUT2D eigenvalue weighted by molar-refractivity contribution is 8.24. The summed E-state index contributed by atoms with van der Waals surface area (Å²) >= 11 is 4.00. The Kier molecular flexibility index (Phi) is 3.82. The maximum atomic E-state index is 2.25. The van der Waals surface area contributed by atoms with Gasteiger partial charge in [0.2, 0.25) is 0 Å². The van der Waals surface area contributed by atoms with E-state index in [0.717, 1.165) is 0 Å². The van der Waals surface area contributed by atoms with Crippen molar-refractivity contribution in [1.29, 1.82) is 0 Å². The molecule has 0 unspecified atom stereocenters. The third kappa shape index (κ3) is 2.74. The van der Waals surface area contributed by atoms with E-state index in [1.54, 1.807) is 9.81 Å². The van der Waals surface area contributed by atoms with E-state index in [-0.39, 0.29) is 0 Å². The van der Waals surface area contributed by atoms with Gasteiger partial charge >= 0.3 is 0 Å². The van der Waals surface area contributed by atoms with Crippen molar-refractivity contribution in [2.24, 2.45) is 0 Å². The number of thioether (sulfide) groups is 2. The second kappa shape index (κ2) is 5.53. The Bertz CT molecular complexity index is 397. The minimum absolute atomic E-state index is 1.34. The Balaban J connectivity index is 1.80. The molecular formula is C15H18S2. The van der Waals surface area contributed by atoms with Gasteiger partial charge in [-0.25, -0.2) is 0 Å². The van der Waals surface area contributed by atoms with Gasteiger partial charge in [0.25, 0.3) is 0 Å². The molecule has 1 aromatic rings. The van der Waals surface area contributed by atoms with E-state index in [0.29, 0.717) is 0 Å². The molecule has 0 amide bonds. The maximum Gasteiger partial charge on any atom is 0.0491 e. The van der Waals surface area contributed by atoms with Crippen LogP contribution in [0.4, 0.5) is 0 Å². The van der Waals surface area contributed by atoms with Crippen LogP contribution in [-0.2, 0) is 0 Å². The summed E-state index contributed by atoms with van der Waals surface area (Å²) < 4.78 is 1.59. The highest BCUT2D eigenvalue weighted by Gasteiger charge is 2.20. The third-order valence-electron chi connectivity index (χ3n) is 3.50. The third-order valence-corrected chi connectivity index (χ3v) is 6.23. The van der Waals surface area contributed by atoms with Gasteiger partial charge in [-0.15, -0.1) is 0 Å². The van der Waals surface area contributed by atoms with Crippen LogP contribution in [0.1, 0.15) is 44.9 Å². The van der Waals surface area contributed by atoms with Crippen LogP contribution in [0, 0.1) is 0 Å². The second-order valence-corrected chi connectivity index (χ2v) is 7.17. The summed E-state index contributed by atoms with van der Waals surface area (Å²) in [7, 11) is 0. The zero-order valence-electron chi connectivity index (χ0n) is 10.1. The molecule has 1 aliphatic heterocycles. The Labute approximate surface area is 112 Å². The molecule has 1 aromatic carbocycles. The Hall–Kier alpha value is -0.340. The van der Waals surface area contributed by atoms with Gasteiger partial charge in [-0.05, 0) is 43.4 Å². The van der Waals surface area contributed by atoms with E-state index in [1.165, 1.54) is 54.7 Å². The van der Waals surface area contributed by atoms with Crippen molar-refractivity contribution in [3.05, 3.63) is 34.1 Å². The standard InChI is InChI=1S/C15H18S2/c1-2-4-8-12(9-5-3-1)15-16-13-10-6-7-11-14(13)17-15/h6-7,10-11H,1-5,8-9H2. The van der Waals surface area contributed by atoms with Crippen molar-refractivity contribution < 1.29 is 0 Å². The van der Waals surface area contributed by atoms with E-state index >= 15 is 0 Å². The zero-order chi connectivity index (χ0) is 11.5. The van der Waals surface area contributed by atoms with Crippen molar-refractivity contribution in [1.82, 2.24) is 0 Å². The smallest absolute Gasteiger partial charge is 0.0491 e. The van der Waals surface area contributed by atoms with E-state index in [1.807, 2.05) is 23.5 Å². The fourth-order valence-corrected chi connectivity index (χ4v) is 5.20. The lowest BCUT2D eigenvalue weighted by molar-refractivity contribution is 0.569. The zero-order valence-corrected chi connectivity index (χ0v) is 11.7. The lowest BCUT2D eigenvalue weighted by Crippen LogP contribution is -1.92. The predicted molar refractivity (Wildman–Crippen MR) is 77.5 cm³/mol. The molecule has 90 valence electrons. The Morgan fingerprint density at radius 2 is 1.24 bits per heavy atom. The molecule has 0 atom stereocenters. The summed E-state index contributed by atoms with van der Waals surface area (Å²) in [5.41, 5.74) is 1.73. The first-order valence-electron chi connectivity index (χ1n) is 6.60. The van der Waals surface area contributed by atoms with Gasteiger partial charge in [-0.2, -0.15) is 0 Å². The number of hydrogen-bond donors (Lipinski definition) is 0. The highest BCUT2D eigenvalue weighted by atomic mass is 32.2. The molecular weight excluding hydrogens is 244 g/mol. The molecule has 0 N–H and O–H groups in total. The van der Waals surface area contributed by atoms with Crippen LogP contribution in [-0.4, -0.2) is 0 Å². The van der Waals surface area contributed by atoms with Crippen LogP contribution in [0.5, 0.6) is 0 Å². The first kappa shape index (κ1) is 11.7. The topological polar surface area (TPSA) is 0 Å². The predicted octanol–water partition coefficient (Wildman–Crippen LogP) is 5.84. The summed E-state index contributed by atoms with van der Waals surface area (Å²) in [5, 5.41) is 0. The first-order valence-corrected chi connectivity index (χ1v) is 8.23. The molecule has 0 aromatic heterocycles. The molecule has 1 heterocycles. The molecule has 17 heavy (non-hydrogen) atoms. The van der Waals surface area contributed by atoms with Gasteiger partial charge in [0, 0.05) is 14.0 Å². The SMILES string of the molecule is c1ccc2c(c1)SC(=C1CCCCCCC1)S2. The first-order chi connectivity index (χ1) is 8.43. The van der Waals surface area contributed by atoms with E-state index in [4.69, 9.17) is 0 Å². The minimum Gasteiger partial charge on any atom is -0.0816 e. The van der Waals surface area contributed by atoms with Gasteiger partial charge < -0.3 is 0 Å². The molecule has 1 fully saturated rings. The molecule has 3 rings (SSSR count). The number of hydrogen-bond acceptors (Lipinski definition) is 2. The monoisotopic (exact) mass is 262 g/mol. The van der Waals surface area contributed by atoms with Crippen molar-refractivity contribution in [2.75, 3.05) is 0 Å². The molecule has 0 bridgehead atoms. The lowest BCUT2D eigenvalue weighted by atomic mass is 9.97. The van der Waals surface area contributed by atoms with Gasteiger partial charge in [0.05, 0.1) is 0 Å². The van der Waals surface area contributed by atoms with E-state index in [2.05, 4.69) is 24.3 Å². The van der Waals surface area contributed by atoms with Crippen LogP contribution in [0.15, 0.2) is 43.9 Å². The fourth-order valence-electron chi connectivity index (χ4n) is 2.52. The summed E-state index contributed by atoms with van der Waals surface area (Å²) in [6.07, 6.45) is 9.78. The Morgan fingerprint density at radius 1 is 0.706 bits per heavy atom. The van der Waals surface area contributed by atoms with E-state index in [9.17, 15) is 0 Å². The highest BCUT2D eigenvalue weighted by Crippen LogP contribution is 2.53. The number of allylic oxidation sites excluding steroid dienone is 1. The maximum absolute atomic E-state index is 2.25. The van der Waals surface area contributed by atoms with Crippen molar-refractivity contribution in [3.8, 4) is 0 Å². The van der Waals surface area contributed by atoms with Crippen molar-refractivity contribution in [3.63, 3.8) is 0 Å². The summed E-state index contributed by atoms with van der Waals surface area (Å²) in [6.45, 7) is 0. The average Bonchev–Trinajstić information content (AvgIpc) is 2.71. The second-order valence-electron chi connectivity index (χ2n) is 4.81. The summed E-state index contributed by atoms with van der Waals surface area (Å²) in [6, 6.07) is 8.81. The molecule has 0 radical (unpaired) electrons. The molecule has 0 nitrogen and oxygen atoms in total. The number of benzene rings is 1. The van der Waals surface area contributed by atoms with Gasteiger partial charge in [0.1, 0.15) is 0 Å². The fraction of sp³-hybridized carbons (Fsp3) is 0.467. The quantitative estimate of drug-likeness (QED) is 0.576. The van der Waals surface area contributed by atoms with Crippen molar-refractivity contribution in [2.45, 2.75) is 54.7 Å². The molecule has 2 aliphatic rings. The Morgan fingerprint density at radius 3 is 1.82 bits per heavy atom. The normalized spacial score (nSPS) is 20.9. The van der Waals surface area contributed by atoms with Crippen LogP contribution >= 0.6 is 23.5 Å². The number of rotatable bonds is 0. The average molecular weight is 262 g/mol. The van der Waals surface area contributed by atoms with Gasteiger partial charge in [-0.1, -0.05) is 54.9 Å². The van der Waals surface area contributed by atoms with Crippen LogP contribution in [0.2, 0.25) is 0 Å². The molecule has 0 saturated heterocycles. The minimum atomic E-state index is 1.34. The molecule has 2 heteroatoms. The van der Waals surface area contributed by atoms with Crippen molar-refractivity contribution >= 4 is 23.5 Å². The number of fused-ring (bicyclic) bond motifs is 1. The molecule has 0 spiro atoms. The van der Waals surface area contributed by atoms with E-state index < -0.39 is 0 Å². The summed E-state index contributed by atoms with van der Waals surface area (Å²) in [4.78, 5) is 2.92. The largest absolute Gasteiger partial charge is 0.0816 e. The summed E-state index contributed by atoms with van der Waals surface area (Å²) in [5.74, 6) is 0. The molecule has 1 aliphatic carbocycles. The van der Waals surface area contributed by atoms with Gasteiger partial charge in [-0.3, -0.25) is 0 Å². The van der Waals surface area contributed by atoms with Crippen LogP contribution in [0.3, 0.4) is 0 Å². The van der Waals surface area contributed by atoms with Crippen LogP contribution in [0.25, 0.3) is 0 Å².